The lowest BCUT2D eigenvalue weighted by Gasteiger charge is -2.12. The van der Waals surface area contributed by atoms with Crippen LogP contribution in [0.5, 0.6) is 5.75 Å². The molecule has 0 saturated heterocycles. The molecule has 1 atom stereocenters. The van der Waals surface area contributed by atoms with Crippen LogP contribution in [-0.2, 0) is 17.2 Å². The summed E-state index contributed by atoms with van der Waals surface area (Å²) in [6.07, 6.45) is 0.615. The Morgan fingerprint density at radius 2 is 1.68 bits per heavy atom. The average Bonchev–Trinajstić information content (AvgIpc) is 2.95. The summed E-state index contributed by atoms with van der Waals surface area (Å²) in [5.74, 6) is 1.34. The van der Waals surface area contributed by atoms with E-state index in [-0.39, 0.29) is 6.61 Å². The maximum absolute atomic E-state index is 13.4. The first-order chi connectivity index (χ1) is 13.6. The molecule has 1 N–H and O–H groups in total. The van der Waals surface area contributed by atoms with Gasteiger partial charge < -0.3 is 9.84 Å². The summed E-state index contributed by atoms with van der Waals surface area (Å²) in [6.45, 7) is 4.15. The van der Waals surface area contributed by atoms with Crippen molar-refractivity contribution in [3.05, 3.63) is 94.5 Å². The van der Waals surface area contributed by atoms with E-state index >= 15 is 0 Å². The number of aliphatic hydroxyl groups excluding tert-OH is 1. The highest BCUT2D eigenvalue weighted by Gasteiger charge is 2.32. The minimum absolute atomic E-state index is 0.120. The van der Waals surface area contributed by atoms with Crippen LogP contribution in [0.2, 0.25) is 0 Å². The Bertz CT molecular complexity index is 1080. The summed E-state index contributed by atoms with van der Waals surface area (Å²) in [7, 11) is -1.30. The van der Waals surface area contributed by atoms with Gasteiger partial charge in [0, 0.05) is 12.2 Å². The third-order valence-electron chi connectivity index (χ3n) is 4.91. The summed E-state index contributed by atoms with van der Waals surface area (Å²) in [5, 5.41) is 9.09. The molecule has 0 spiro atoms. The van der Waals surface area contributed by atoms with Gasteiger partial charge in [-0.25, -0.2) is 4.21 Å². The Morgan fingerprint density at radius 3 is 2.39 bits per heavy atom. The van der Waals surface area contributed by atoms with Crippen molar-refractivity contribution in [1.29, 1.82) is 0 Å². The van der Waals surface area contributed by atoms with Gasteiger partial charge in [-0.2, -0.15) is 0 Å². The van der Waals surface area contributed by atoms with E-state index in [2.05, 4.69) is 0 Å². The Hall–Kier alpha value is -2.69. The smallest absolute Gasteiger partial charge is 0.152 e. The van der Waals surface area contributed by atoms with E-state index in [9.17, 15) is 4.21 Å². The van der Waals surface area contributed by atoms with Gasteiger partial charge in [-0.15, -0.1) is 0 Å². The monoisotopic (exact) mass is 390 g/mol. The predicted octanol–water partition coefficient (Wildman–Crippen LogP) is 4.86. The van der Waals surface area contributed by atoms with Gasteiger partial charge in [0.05, 0.1) is 20.6 Å². The highest BCUT2D eigenvalue weighted by atomic mass is 32.2. The number of aryl methyl sites for hydroxylation is 2. The number of hydrogen-bond donors (Lipinski definition) is 1. The lowest BCUT2D eigenvalue weighted by atomic mass is 10.0. The van der Waals surface area contributed by atoms with E-state index in [1.807, 2.05) is 80.6 Å². The molecule has 28 heavy (non-hydrogen) atoms. The standard InChI is InChI=1S/C24H22O3S/c1-16-7-12-21-22(15-16)28(26)24(20-6-4-3-5-17(20)2)23(21)27-19-10-8-18(9-11-19)13-14-25/h3-12,15,25H,13-14H2,1-2H3. The normalized spacial score (nSPS) is 15.6. The first-order valence-electron chi connectivity index (χ1n) is 9.29. The zero-order valence-electron chi connectivity index (χ0n) is 15.9. The van der Waals surface area contributed by atoms with Crippen molar-refractivity contribution in [1.82, 2.24) is 0 Å². The SMILES string of the molecule is Cc1ccc2c(c1)S(=O)C(c1ccccc1C)=C2Oc1ccc(CCO)cc1. The molecule has 3 aromatic carbocycles. The lowest BCUT2D eigenvalue weighted by molar-refractivity contribution is 0.299. The van der Waals surface area contributed by atoms with Gasteiger partial charge in [0.2, 0.25) is 0 Å². The molecule has 0 bridgehead atoms. The van der Waals surface area contributed by atoms with Gasteiger partial charge in [-0.1, -0.05) is 42.5 Å². The van der Waals surface area contributed by atoms with Crippen molar-refractivity contribution in [3.63, 3.8) is 0 Å². The molecule has 0 amide bonds. The third-order valence-corrected chi connectivity index (χ3v) is 6.42. The third kappa shape index (κ3) is 3.41. The maximum Gasteiger partial charge on any atom is 0.152 e. The molecule has 0 saturated carbocycles. The highest BCUT2D eigenvalue weighted by Crippen LogP contribution is 2.43. The number of aliphatic hydroxyl groups is 1. The number of hydrogen-bond acceptors (Lipinski definition) is 3. The first kappa shape index (κ1) is 18.7. The fourth-order valence-corrected chi connectivity index (χ4v) is 5.03. The number of ether oxygens (including phenoxy) is 1. The first-order valence-corrected chi connectivity index (χ1v) is 10.4. The second-order valence-electron chi connectivity index (χ2n) is 6.96. The van der Waals surface area contributed by atoms with Crippen molar-refractivity contribution >= 4 is 21.5 Å². The average molecular weight is 391 g/mol. The van der Waals surface area contributed by atoms with Crippen LogP contribution in [0, 0.1) is 13.8 Å². The van der Waals surface area contributed by atoms with Gasteiger partial charge in [0.25, 0.3) is 0 Å². The zero-order chi connectivity index (χ0) is 19.7. The minimum Gasteiger partial charge on any atom is -0.455 e. The van der Waals surface area contributed by atoms with E-state index in [1.54, 1.807) is 0 Å². The largest absolute Gasteiger partial charge is 0.455 e. The van der Waals surface area contributed by atoms with Crippen molar-refractivity contribution in [2.45, 2.75) is 25.2 Å². The summed E-state index contributed by atoms with van der Waals surface area (Å²) in [6, 6.07) is 21.6. The van der Waals surface area contributed by atoms with E-state index in [4.69, 9.17) is 9.84 Å². The topological polar surface area (TPSA) is 46.5 Å². The molecular formula is C24H22O3S. The summed E-state index contributed by atoms with van der Waals surface area (Å²) in [5.41, 5.74) is 5.01. The molecule has 4 rings (SSSR count). The highest BCUT2D eigenvalue weighted by molar-refractivity contribution is 7.95. The quantitative estimate of drug-likeness (QED) is 0.676. The number of rotatable bonds is 5. The van der Waals surface area contributed by atoms with Crippen LogP contribution < -0.4 is 4.74 Å². The molecule has 1 unspecified atom stereocenters. The van der Waals surface area contributed by atoms with Crippen LogP contribution in [0.15, 0.2) is 71.6 Å². The maximum atomic E-state index is 13.4. The molecule has 0 aliphatic carbocycles. The molecule has 0 fully saturated rings. The van der Waals surface area contributed by atoms with Gasteiger partial charge in [-0.05, 0) is 66.8 Å². The predicted molar refractivity (Wildman–Crippen MR) is 113 cm³/mol. The van der Waals surface area contributed by atoms with Gasteiger partial charge >= 0.3 is 0 Å². The molecule has 1 aliphatic heterocycles. The summed E-state index contributed by atoms with van der Waals surface area (Å²) < 4.78 is 19.7. The fourth-order valence-electron chi connectivity index (χ4n) is 3.41. The molecule has 0 aromatic heterocycles. The van der Waals surface area contributed by atoms with Crippen LogP contribution >= 0.6 is 0 Å². The fraction of sp³-hybridized carbons (Fsp3) is 0.167. The molecule has 1 aliphatic rings. The Balaban J connectivity index is 1.83. The molecule has 3 nitrogen and oxygen atoms in total. The lowest BCUT2D eigenvalue weighted by Crippen LogP contribution is -1.98. The number of benzene rings is 3. The summed E-state index contributed by atoms with van der Waals surface area (Å²) in [4.78, 5) is 1.52. The zero-order valence-corrected chi connectivity index (χ0v) is 16.8. The molecule has 0 radical (unpaired) electrons. The van der Waals surface area contributed by atoms with E-state index in [1.165, 1.54) is 0 Å². The molecule has 142 valence electrons. The van der Waals surface area contributed by atoms with Crippen LogP contribution in [0.25, 0.3) is 10.7 Å². The van der Waals surface area contributed by atoms with Crippen molar-refractivity contribution in [2.24, 2.45) is 0 Å². The van der Waals surface area contributed by atoms with E-state index in [0.717, 1.165) is 37.6 Å². The Kier molecular flexibility index (Phi) is 5.16. The van der Waals surface area contributed by atoms with Gasteiger partial charge in [0.15, 0.2) is 5.76 Å². The molecular weight excluding hydrogens is 368 g/mol. The molecule has 4 heteroatoms. The van der Waals surface area contributed by atoms with Gasteiger partial charge in [-0.3, -0.25) is 0 Å². The van der Waals surface area contributed by atoms with Crippen molar-refractivity contribution in [2.75, 3.05) is 6.61 Å². The van der Waals surface area contributed by atoms with Crippen molar-refractivity contribution in [3.8, 4) is 5.75 Å². The van der Waals surface area contributed by atoms with Gasteiger partial charge in [0.1, 0.15) is 5.75 Å². The second kappa shape index (κ2) is 7.74. The van der Waals surface area contributed by atoms with Crippen LogP contribution in [0.3, 0.4) is 0 Å². The van der Waals surface area contributed by atoms with Crippen LogP contribution in [-0.4, -0.2) is 15.9 Å². The van der Waals surface area contributed by atoms with Crippen LogP contribution in [0.4, 0.5) is 0 Å². The summed E-state index contributed by atoms with van der Waals surface area (Å²) >= 11 is 0. The minimum atomic E-state index is -1.30. The Labute approximate surface area is 167 Å². The molecule has 3 aromatic rings. The number of fused-ring (bicyclic) bond motifs is 1. The van der Waals surface area contributed by atoms with E-state index < -0.39 is 10.8 Å². The Morgan fingerprint density at radius 1 is 0.929 bits per heavy atom. The molecule has 1 heterocycles. The second-order valence-corrected chi connectivity index (χ2v) is 8.35. The van der Waals surface area contributed by atoms with Crippen LogP contribution in [0.1, 0.15) is 27.8 Å². The van der Waals surface area contributed by atoms with E-state index in [0.29, 0.717) is 17.9 Å². The van der Waals surface area contributed by atoms with Crippen molar-refractivity contribution < 1.29 is 14.1 Å².